The first-order chi connectivity index (χ1) is 18.1. The molecule has 4 bridgehead atoms. The van der Waals surface area contributed by atoms with E-state index >= 15 is 0 Å². The Labute approximate surface area is 225 Å². The summed E-state index contributed by atoms with van der Waals surface area (Å²) in [5.74, 6) is 1.31. The lowest BCUT2D eigenvalue weighted by Crippen LogP contribution is -2.65. The standard InChI is InChI=1S/C21H34N2O4.C7H8O3S/c22-18-3-7-23(8-4-18)19-1-5-20(6-2-19)24-26-21(27-25-20)16-10-14-9-15(12-16)13-17(21)11-14;1-6-2-4-7(5-3-6)11(8,9)10/h14-19H,1-13,22H2;2-5H,1H3,(H,8,9,10). The van der Waals surface area contributed by atoms with Crippen molar-refractivity contribution in [2.24, 2.45) is 29.4 Å². The Kier molecular flexibility index (Phi) is 7.39. The summed E-state index contributed by atoms with van der Waals surface area (Å²) in [6.45, 7) is 4.10. The molecule has 0 aromatic heterocycles. The minimum atomic E-state index is -4.02. The summed E-state index contributed by atoms with van der Waals surface area (Å²) in [6, 6.07) is 6.99. The third-order valence-electron chi connectivity index (χ3n) is 10.1. The Hall–Kier alpha value is -1.11. The van der Waals surface area contributed by atoms with Gasteiger partial charge in [-0.1, -0.05) is 17.7 Å². The molecule has 38 heavy (non-hydrogen) atoms. The van der Waals surface area contributed by atoms with Gasteiger partial charge in [-0.05, 0) is 102 Å². The van der Waals surface area contributed by atoms with Crippen molar-refractivity contribution in [3.8, 4) is 0 Å². The van der Waals surface area contributed by atoms with Crippen LogP contribution >= 0.6 is 0 Å². The van der Waals surface area contributed by atoms with Gasteiger partial charge in [0.2, 0.25) is 11.6 Å². The van der Waals surface area contributed by atoms with Crippen molar-refractivity contribution >= 4 is 10.1 Å². The molecule has 10 heteroatoms. The summed E-state index contributed by atoms with van der Waals surface area (Å²) in [5.41, 5.74) is 7.01. The van der Waals surface area contributed by atoms with E-state index in [2.05, 4.69) is 4.90 Å². The summed E-state index contributed by atoms with van der Waals surface area (Å²) < 4.78 is 29.6. The molecule has 2 heterocycles. The number of hydrogen-bond donors (Lipinski definition) is 2. The molecule has 0 unspecified atom stereocenters. The molecule has 9 nitrogen and oxygen atoms in total. The molecule has 2 spiro atoms. The molecule has 3 N–H and O–H groups in total. The van der Waals surface area contributed by atoms with Gasteiger partial charge in [0.1, 0.15) is 0 Å². The molecule has 2 saturated heterocycles. The van der Waals surface area contributed by atoms with Crippen LogP contribution in [-0.2, 0) is 29.7 Å². The van der Waals surface area contributed by atoms with Crippen LogP contribution in [0.1, 0.15) is 76.2 Å². The average molecular weight is 551 g/mol. The first-order valence-corrected chi connectivity index (χ1v) is 15.9. The third-order valence-corrected chi connectivity index (χ3v) is 10.9. The minimum absolute atomic E-state index is 0.0666. The first kappa shape index (κ1) is 27.1. The lowest BCUT2D eigenvalue weighted by Gasteiger charge is -2.60. The van der Waals surface area contributed by atoms with Crippen LogP contribution in [0.15, 0.2) is 29.2 Å². The fourth-order valence-corrected chi connectivity index (χ4v) is 8.47. The molecule has 8 rings (SSSR count). The third kappa shape index (κ3) is 5.31. The first-order valence-electron chi connectivity index (χ1n) is 14.4. The molecule has 7 aliphatic rings. The Morgan fingerprint density at radius 3 is 1.87 bits per heavy atom. The van der Waals surface area contributed by atoms with Crippen LogP contribution in [0.5, 0.6) is 0 Å². The maximum Gasteiger partial charge on any atom is 0.294 e. The number of nitrogens with two attached hydrogens (primary N) is 1. The molecule has 212 valence electrons. The fraction of sp³-hybridized carbons (Fsp3) is 0.786. The highest BCUT2D eigenvalue weighted by Gasteiger charge is 2.64. The lowest BCUT2D eigenvalue weighted by molar-refractivity contribution is -0.680. The zero-order valence-corrected chi connectivity index (χ0v) is 23.1. The van der Waals surface area contributed by atoms with E-state index in [-0.39, 0.29) is 4.90 Å². The van der Waals surface area contributed by atoms with Gasteiger partial charge in [-0.15, -0.1) is 0 Å². The van der Waals surface area contributed by atoms with E-state index in [1.165, 1.54) is 44.2 Å². The van der Waals surface area contributed by atoms with Crippen LogP contribution in [-0.4, -0.2) is 54.6 Å². The second kappa shape index (κ2) is 10.4. The lowest BCUT2D eigenvalue weighted by atomic mass is 9.53. The second-order valence-electron chi connectivity index (χ2n) is 12.7. The number of nitrogens with zero attached hydrogens (tertiary/aromatic N) is 1. The van der Waals surface area contributed by atoms with Crippen molar-refractivity contribution in [2.75, 3.05) is 13.1 Å². The normalized spacial score (nSPS) is 41.3. The summed E-state index contributed by atoms with van der Waals surface area (Å²) in [7, 11) is -4.02. The van der Waals surface area contributed by atoms with E-state index < -0.39 is 21.7 Å². The predicted octanol–water partition coefficient (Wildman–Crippen LogP) is 4.35. The topological polar surface area (TPSA) is 121 Å². The van der Waals surface area contributed by atoms with E-state index in [0.29, 0.717) is 23.9 Å². The highest BCUT2D eigenvalue weighted by atomic mass is 32.2. The monoisotopic (exact) mass is 550 g/mol. The number of rotatable bonds is 2. The van der Waals surface area contributed by atoms with Crippen LogP contribution in [0, 0.1) is 30.6 Å². The molecule has 7 fully saturated rings. The quantitative estimate of drug-likeness (QED) is 0.409. The van der Waals surface area contributed by atoms with Crippen molar-refractivity contribution in [3.63, 3.8) is 0 Å². The Morgan fingerprint density at radius 2 is 1.37 bits per heavy atom. The predicted molar refractivity (Wildman–Crippen MR) is 139 cm³/mol. The van der Waals surface area contributed by atoms with Crippen LogP contribution < -0.4 is 5.73 Å². The molecule has 5 aliphatic carbocycles. The second-order valence-corrected chi connectivity index (χ2v) is 14.1. The zero-order chi connectivity index (χ0) is 26.5. The molecular weight excluding hydrogens is 508 g/mol. The Balaban J connectivity index is 0.000000204. The van der Waals surface area contributed by atoms with Crippen LogP contribution in [0.2, 0.25) is 0 Å². The van der Waals surface area contributed by atoms with E-state index in [9.17, 15) is 8.42 Å². The van der Waals surface area contributed by atoms with Crippen molar-refractivity contribution < 1.29 is 32.5 Å². The van der Waals surface area contributed by atoms with Gasteiger partial charge in [-0.3, -0.25) is 4.55 Å². The number of likely N-dealkylation sites (tertiary alicyclic amines) is 1. The van der Waals surface area contributed by atoms with Gasteiger partial charge in [0.05, 0.1) is 4.90 Å². The molecule has 1 aromatic rings. The van der Waals surface area contributed by atoms with E-state index in [4.69, 9.17) is 29.8 Å². The van der Waals surface area contributed by atoms with E-state index in [1.807, 2.05) is 6.92 Å². The van der Waals surface area contributed by atoms with Crippen molar-refractivity contribution in [1.82, 2.24) is 4.90 Å². The number of hydrogen-bond acceptors (Lipinski definition) is 8. The maximum absolute atomic E-state index is 10.5. The smallest absolute Gasteiger partial charge is 0.294 e. The number of aryl methyl sites for hydroxylation is 1. The highest BCUT2D eigenvalue weighted by Crippen LogP contribution is 2.61. The van der Waals surface area contributed by atoms with Crippen LogP contribution in [0.25, 0.3) is 0 Å². The summed E-state index contributed by atoms with van der Waals surface area (Å²) >= 11 is 0. The average Bonchev–Trinajstić information content (AvgIpc) is 2.89. The number of piperidine rings is 1. The molecule has 0 amide bonds. The highest BCUT2D eigenvalue weighted by molar-refractivity contribution is 7.85. The molecular formula is C28H42N2O7S. The summed E-state index contributed by atoms with van der Waals surface area (Å²) in [6.07, 6.45) is 12.3. The Bertz CT molecular complexity index is 1040. The number of benzene rings is 1. The van der Waals surface area contributed by atoms with Crippen molar-refractivity contribution in [2.45, 2.75) is 106 Å². The molecule has 0 atom stereocenters. The molecule has 1 aromatic carbocycles. The maximum atomic E-state index is 10.5. The zero-order valence-electron chi connectivity index (χ0n) is 22.3. The van der Waals surface area contributed by atoms with Gasteiger partial charge < -0.3 is 10.6 Å². The molecule has 2 aliphatic heterocycles. The van der Waals surface area contributed by atoms with Gasteiger partial charge >= 0.3 is 0 Å². The largest absolute Gasteiger partial charge is 0.328 e. The van der Waals surface area contributed by atoms with Gasteiger partial charge in [-0.25, -0.2) is 0 Å². The summed E-state index contributed by atoms with van der Waals surface area (Å²) in [4.78, 5) is 27.0. The van der Waals surface area contributed by atoms with Gasteiger partial charge in [0.25, 0.3) is 10.1 Å². The molecule has 0 radical (unpaired) electrons. The fourth-order valence-electron chi connectivity index (χ4n) is 7.99. The van der Waals surface area contributed by atoms with E-state index in [1.54, 1.807) is 12.1 Å². The van der Waals surface area contributed by atoms with Gasteiger partial charge in [-0.2, -0.15) is 28.0 Å². The molecule has 5 saturated carbocycles. The van der Waals surface area contributed by atoms with E-state index in [0.717, 1.165) is 69.0 Å². The van der Waals surface area contributed by atoms with Crippen LogP contribution in [0.3, 0.4) is 0 Å². The SMILES string of the molecule is Cc1ccc(S(=O)(=O)O)cc1.NC1CCN(C2CCC3(CC2)OOC2(OO3)C3CC4CC(C3)CC2C4)CC1. The van der Waals surface area contributed by atoms with Gasteiger partial charge in [0.15, 0.2) is 0 Å². The summed E-state index contributed by atoms with van der Waals surface area (Å²) in [5, 5.41) is 0. The van der Waals surface area contributed by atoms with Crippen molar-refractivity contribution in [3.05, 3.63) is 29.8 Å². The minimum Gasteiger partial charge on any atom is -0.328 e. The van der Waals surface area contributed by atoms with Crippen molar-refractivity contribution in [1.29, 1.82) is 0 Å². The van der Waals surface area contributed by atoms with Crippen LogP contribution in [0.4, 0.5) is 0 Å². The van der Waals surface area contributed by atoms with Gasteiger partial charge in [0, 0.05) is 36.8 Å². The Morgan fingerprint density at radius 1 is 0.842 bits per heavy atom.